The van der Waals surface area contributed by atoms with Crippen LogP contribution in [0.1, 0.15) is 45.4 Å². The van der Waals surface area contributed by atoms with Crippen molar-refractivity contribution in [3.8, 4) is 0 Å². The third-order valence-corrected chi connectivity index (χ3v) is 2.86. The summed E-state index contributed by atoms with van der Waals surface area (Å²) in [6, 6.07) is -0.833. The summed E-state index contributed by atoms with van der Waals surface area (Å²) in [6.07, 6.45) is 6.68. The van der Waals surface area contributed by atoms with E-state index >= 15 is 0 Å². The fourth-order valence-corrected chi connectivity index (χ4v) is 1.93. The van der Waals surface area contributed by atoms with Crippen molar-refractivity contribution in [1.29, 1.82) is 0 Å². The van der Waals surface area contributed by atoms with Gasteiger partial charge in [0.2, 0.25) is 0 Å². The first kappa shape index (κ1) is 15.4. The number of rotatable bonds is 9. The van der Waals surface area contributed by atoms with Gasteiger partial charge in [-0.1, -0.05) is 39.0 Å². The number of hydrogen-bond acceptors (Lipinski definition) is 3. The van der Waals surface area contributed by atoms with Gasteiger partial charge in [-0.3, -0.25) is 9.69 Å². The van der Waals surface area contributed by atoms with Gasteiger partial charge >= 0.3 is 5.97 Å². The van der Waals surface area contributed by atoms with Crippen LogP contribution >= 0.6 is 0 Å². The predicted octanol–water partition coefficient (Wildman–Crippen LogP) is 1.69. The lowest BCUT2D eigenvalue weighted by molar-refractivity contribution is -0.143. The van der Waals surface area contributed by atoms with Crippen molar-refractivity contribution in [2.45, 2.75) is 57.5 Å². The van der Waals surface area contributed by atoms with Crippen molar-refractivity contribution in [2.75, 3.05) is 14.1 Å². The standard InChI is InChI=1S/C12H26N2O2/c1-4-5-6-7-8-9-10(13)11(12(15)16)14(2)3/h10-11H,4-9,13H2,1-3H3,(H,15,16). The highest BCUT2D eigenvalue weighted by atomic mass is 16.4. The van der Waals surface area contributed by atoms with Crippen LogP contribution in [0, 0.1) is 0 Å². The molecule has 0 spiro atoms. The monoisotopic (exact) mass is 230 g/mol. The van der Waals surface area contributed by atoms with Crippen molar-refractivity contribution in [1.82, 2.24) is 4.90 Å². The van der Waals surface area contributed by atoms with E-state index in [1.165, 1.54) is 19.3 Å². The van der Waals surface area contributed by atoms with E-state index in [0.717, 1.165) is 19.3 Å². The van der Waals surface area contributed by atoms with Crippen LogP contribution in [0.5, 0.6) is 0 Å². The Labute approximate surface area is 98.8 Å². The van der Waals surface area contributed by atoms with E-state index in [9.17, 15) is 4.79 Å². The Hall–Kier alpha value is -0.610. The Kier molecular flexibility index (Phi) is 8.21. The topological polar surface area (TPSA) is 66.6 Å². The van der Waals surface area contributed by atoms with Crippen LogP contribution in [0.15, 0.2) is 0 Å². The van der Waals surface area contributed by atoms with E-state index in [0.29, 0.717) is 0 Å². The van der Waals surface area contributed by atoms with Gasteiger partial charge in [0, 0.05) is 6.04 Å². The van der Waals surface area contributed by atoms with Crippen LogP contribution in [-0.4, -0.2) is 42.2 Å². The number of carboxylic acid groups (broad SMARTS) is 1. The van der Waals surface area contributed by atoms with Crippen molar-refractivity contribution >= 4 is 5.97 Å². The molecular formula is C12H26N2O2. The minimum atomic E-state index is -0.828. The number of carbonyl (C=O) groups is 1. The quantitative estimate of drug-likeness (QED) is 0.592. The van der Waals surface area contributed by atoms with Crippen molar-refractivity contribution in [3.63, 3.8) is 0 Å². The number of nitrogens with zero attached hydrogens (tertiary/aromatic N) is 1. The number of aliphatic carboxylic acids is 1. The Balaban J connectivity index is 3.84. The number of nitrogens with two attached hydrogens (primary N) is 1. The highest BCUT2D eigenvalue weighted by Crippen LogP contribution is 2.10. The number of hydrogen-bond donors (Lipinski definition) is 2. The van der Waals surface area contributed by atoms with Crippen LogP contribution in [-0.2, 0) is 4.79 Å². The molecule has 3 N–H and O–H groups in total. The molecule has 0 aliphatic heterocycles. The Morgan fingerprint density at radius 1 is 1.25 bits per heavy atom. The molecule has 0 radical (unpaired) electrons. The van der Waals surface area contributed by atoms with Gasteiger partial charge in [0.15, 0.2) is 0 Å². The second-order valence-electron chi connectivity index (χ2n) is 4.61. The van der Waals surface area contributed by atoms with E-state index in [1.807, 2.05) is 0 Å². The zero-order valence-electron chi connectivity index (χ0n) is 10.8. The smallest absolute Gasteiger partial charge is 0.322 e. The van der Waals surface area contributed by atoms with Crippen LogP contribution in [0.4, 0.5) is 0 Å². The molecule has 0 heterocycles. The highest BCUT2D eigenvalue weighted by Gasteiger charge is 2.26. The highest BCUT2D eigenvalue weighted by molar-refractivity contribution is 5.74. The van der Waals surface area contributed by atoms with Gasteiger partial charge in [-0.15, -0.1) is 0 Å². The molecule has 96 valence electrons. The molecule has 0 aliphatic carbocycles. The SMILES string of the molecule is CCCCCCCC(N)C(C(=O)O)N(C)C. The lowest BCUT2D eigenvalue weighted by atomic mass is 10.0. The maximum atomic E-state index is 11.0. The molecule has 0 aliphatic rings. The molecule has 4 nitrogen and oxygen atoms in total. The second-order valence-corrected chi connectivity index (χ2v) is 4.61. The van der Waals surface area contributed by atoms with Gasteiger partial charge in [-0.2, -0.15) is 0 Å². The zero-order chi connectivity index (χ0) is 12.6. The fourth-order valence-electron chi connectivity index (χ4n) is 1.93. The molecule has 0 saturated carbocycles. The van der Waals surface area contributed by atoms with E-state index in [4.69, 9.17) is 10.8 Å². The van der Waals surface area contributed by atoms with Crippen LogP contribution in [0.3, 0.4) is 0 Å². The van der Waals surface area contributed by atoms with E-state index in [2.05, 4.69) is 6.92 Å². The first-order chi connectivity index (χ1) is 7.50. The van der Waals surface area contributed by atoms with Crippen LogP contribution in [0.2, 0.25) is 0 Å². The minimum Gasteiger partial charge on any atom is -0.480 e. The second kappa shape index (κ2) is 8.53. The molecule has 4 heteroatoms. The maximum absolute atomic E-state index is 11.0. The first-order valence-electron chi connectivity index (χ1n) is 6.15. The summed E-state index contributed by atoms with van der Waals surface area (Å²) in [6.45, 7) is 2.18. The van der Waals surface area contributed by atoms with E-state index in [1.54, 1.807) is 19.0 Å². The average molecular weight is 230 g/mol. The maximum Gasteiger partial charge on any atom is 0.322 e. The molecule has 0 fully saturated rings. The molecule has 0 aromatic heterocycles. The normalized spacial score (nSPS) is 15.1. The third-order valence-electron chi connectivity index (χ3n) is 2.86. The van der Waals surface area contributed by atoms with Gasteiger partial charge in [-0.05, 0) is 20.5 Å². The molecule has 0 aromatic rings. The summed E-state index contributed by atoms with van der Waals surface area (Å²) in [5.74, 6) is -0.828. The van der Waals surface area contributed by atoms with Gasteiger partial charge in [0.05, 0.1) is 0 Å². The summed E-state index contributed by atoms with van der Waals surface area (Å²) in [5, 5.41) is 9.03. The summed E-state index contributed by atoms with van der Waals surface area (Å²) >= 11 is 0. The van der Waals surface area contributed by atoms with Gasteiger partial charge in [0.1, 0.15) is 6.04 Å². The lowest BCUT2D eigenvalue weighted by Gasteiger charge is -2.26. The Morgan fingerprint density at radius 2 is 1.81 bits per heavy atom. The zero-order valence-corrected chi connectivity index (χ0v) is 10.8. The van der Waals surface area contributed by atoms with Gasteiger partial charge in [0.25, 0.3) is 0 Å². The summed E-state index contributed by atoms with van der Waals surface area (Å²) in [5.41, 5.74) is 5.91. The summed E-state index contributed by atoms with van der Waals surface area (Å²) < 4.78 is 0. The molecule has 16 heavy (non-hydrogen) atoms. The third kappa shape index (κ3) is 6.08. The molecule has 0 bridgehead atoms. The molecule has 0 amide bonds. The van der Waals surface area contributed by atoms with E-state index < -0.39 is 12.0 Å². The van der Waals surface area contributed by atoms with Crippen LogP contribution < -0.4 is 5.73 Å². The van der Waals surface area contributed by atoms with Gasteiger partial charge < -0.3 is 10.8 Å². The fraction of sp³-hybridized carbons (Fsp3) is 0.917. The number of unbranched alkanes of at least 4 members (excludes halogenated alkanes) is 4. The lowest BCUT2D eigenvalue weighted by Crippen LogP contribution is -2.49. The number of carboxylic acids is 1. The molecule has 2 atom stereocenters. The average Bonchev–Trinajstić information content (AvgIpc) is 2.16. The first-order valence-corrected chi connectivity index (χ1v) is 6.15. The van der Waals surface area contributed by atoms with Crippen molar-refractivity contribution in [2.24, 2.45) is 5.73 Å². The Morgan fingerprint density at radius 3 is 2.25 bits per heavy atom. The Bertz CT molecular complexity index is 195. The van der Waals surface area contributed by atoms with E-state index in [-0.39, 0.29) is 6.04 Å². The van der Waals surface area contributed by atoms with Crippen molar-refractivity contribution in [3.05, 3.63) is 0 Å². The summed E-state index contributed by atoms with van der Waals surface area (Å²) in [4.78, 5) is 12.7. The minimum absolute atomic E-state index is 0.269. The summed E-state index contributed by atoms with van der Waals surface area (Å²) in [7, 11) is 3.52. The molecule has 0 rings (SSSR count). The van der Waals surface area contributed by atoms with Gasteiger partial charge in [-0.25, -0.2) is 0 Å². The molecule has 0 aromatic carbocycles. The molecular weight excluding hydrogens is 204 g/mol. The molecule has 2 unspecified atom stereocenters. The predicted molar refractivity (Wildman–Crippen MR) is 66.5 cm³/mol. The largest absolute Gasteiger partial charge is 0.480 e. The van der Waals surface area contributed by atoms with Crippen LogP contribution in [0.25, 0.3) is 0 Å². The van der Waals surface area contributed by atoms with Crippen molar-refractivity contribution < 1.29 is 9.90 Å². The number of likely N-dealkylation sites (N-methyl/N-ethyl adjacent to an activating group) is 1. The molecule has 0 saturated heterocycles.